The summed E-state index contributed by atoms with van der Waals surface area (Å²) in [5.74, 6) is -4.93. The van der Waals surface area contributed by atoms with Crippen LogP contribution in [-0.2, 0) is 37.9 Å². The zero-order valence-electron chi connectivity index (χ0n) is 23.2. The summed E-state index contributed by atoms with van der Waals surface area (Å²) < 4.78 is 98.0. The van der Waals surface area contributed by atoms with Crippen LogP contribution in [0.5, 0.6) is 23.0 Å². The van der Waals surface area contributed by atoms with Crippen molar-refractivity contribution in [2.75, 3.05) is 0 Å². The second kappa shape index (κ2) is 21.7. The summed E-state index contributed by atoms with van der Waals surface area (Å²) >= 11 is 0. The number of carbonyl (C=O) groups is 1. The Morgan fingerprint density at radius 1 is 0.721 bits per heavy atom. The van der Waals surface area contributed by atoms with Gasteiger partial charge in [-0.3, -0.25) is 0 Å². The van der Waals surface area contributed by atoms with E-state index in [1.807, 2.05) is 0 Å². The maximum Gasteiger partial charge on any atom is 1.00 e. The molecule has 43 heavy (non-hydrogen) atoms. The van der Waals surface area contributed by atoms with Crippen molar-refractivity contribution in [1.29, 1.82) is 0 Å². The van der Waals surface area contributed by atoms with Crippen molar-refractivity contribution in [3.8, 4) is 23.0 Å². The van der Waals surface area contributed by atoms with Gasteiger partial charge in [0.2, 0.25) is 0 Å². The molecule has 0 saturated heterocycles. The van der Waals surface area contributed by atoms with Gasteiger partial charge in [0.15, 0.2) is 11.5 Å². The Kier molecular flexibility index (Phi) is 25.1. The van der Waals surface area contributed by atoms with Crippen molar-refractivity contribution in [2.24, 2.45) is 0 Å². The van der Waals surface area contributed by atoms with Crippen molar-refractivity contribution in [2.45, 2.75) is 17.7 Å². The Hall–Kier alpha value is -0.0600. The van der Waals surface area contributed by atoms with Gasteiger partial charge in [-0.2, -0.15) is 13.2 Å². The van der Waals surface area contributed by atoms with E-state index in [0.717, 1.165) is 12.1 Å². The van der Waals surface area contributed by atoms with E-state index in [2.05, 4.69) is 0 Å². The van der Waals surface area contributed by atoms with Crippen LogP contribution in [0.2, 0.25) is 0 Å². The Labute approximate surface area is 333 Å². The van der Waals surface area contributed by atoms with Crippen LogP contribution in [0.3, 0.4) is 0 Å². The third kappa shape index (κ3) is 20.6. The summed E-state index contributed by atoms with van der Waals surface area (Å²) in [5.41, 5.74) is -1.74. The van der Waals surface area contributed by atoms with Gasteiger partial charge in [0.05, 0.1) is 42.9 Å². The van der Waals surface area contributed by atoms with Crippen LogP contribution in [-0.4, -0.2) is 52.3 Å². The number of aromatic hydroxyl groups is 3. The van der Waals surface area contributed by atoms with Crippen LogP contribution in [0.1, 0.15) is 27.0 Å². The fourth-order valence-corrected chi connectivity index (χ4v) is 3.77. The number of benzene rings is 3. The maximum atomic E-state index is 12.1. The van der Waals surface area contributed by atoms with Crippen LogP contribution < -0.4 is 123 Å². The fourth-order valence-electron chi connectivity index (χ4n) is 2.56. The number of hydrogen-bond donors (Lipinski definition) is 4. The summed E-state index contributed by atoms with van der Waals surface area (Å²) in [4.78, 5) is 10.3. The zero-order chi connectivity index (χ0) is 30.2. The number of carboxylic acids is 1. The molecule has 3 rings (SSSR count). The largest absolute Gasteiger partial charge is 1.00 e. The third-order valence-corrected chi connectivity index (χ3v) is 5.60. The Morgan fingerprint density at radius 3 is 1.65 bits per heavy atom. The number of halogens is 3. The van der Waals surface area contributed by atoms with E-state index < -0.39 is 66.5 Å². The monoisotopic (exact) mass is 687 g/mol. The molecule has 0 aromatic heterocycles. The van der Waals surface area contributed by atoms with Crippen LogP contribution in [0, 0.1) is 0 Å². The minimum atomic E-state index is -4.64. The number of aromatic carboxylic acids is 1. The van der Waals surface area contributed by atoms with Crippen LogP contribution in [0.25, 0.3) is 0 Å². The van der Waals surface area contributed by atoms with E-state index in [4.69, 9.17) is 20.4 Å². The average Bonchev–Trinajstić information content (AvgIpc) is 2.76. The van der Waals surface area contributed by atoms with Crippen molar-refractivity contribution < 1.29 is 188 Å². The number of phenolic OH excluding ortho intramolecular Hbond substituents is 3. The Bertz CT molecular complexity index is 1540. The number of para-hydroxylation sites is 1. The number of rotatable bonds is 5. The smallest absolute Gasteiger partial charge is 0.872 e. The first-order valence-corrected chi connectivity index (χ1v) is 13.1. The molecule has 0 fully saturated rings. The average molecular weight is 687 g/mol. The van der Waals surface area contributed by atoms with Crippen molar-refractivity contribution in [1.82, 2.24) is 0 Å². The number of alkyl halides is 3. The van der Waals surface area contributed by atoms with E-state index in [0.29, 0.717) is 18.2 Å². The van der Waals surface area contributed by atoms with Gasteiger partial charge in [0.1, 0.15) is 5.75 Å². The third-order valence-electron chi connectivity index (χ3n) is 4.24. The van der Waals surface area contributed by atoms with Crippen molar-refractivity contribution in [3.63, 3.8) is 0 Å². The molecule has 0 heterocycles. The molecular formula is C22H18F3Na4O12S2+. The molecule has 3 aromatic carbocycles. The van der Waals surface area contributed by atoms with Crippen LogP contribution >= 0.6 is 0 Å². The summed E-state index contributed by atoms with van der Waals surface area (Å²) in [6.07, 6.45) is -4.64. The van der Waals surface area contributed by atoms with Gasteiger partial charge in [0, 0.05) is 5.56 Å². The molecule has 4 N–H and O–H groups in total. The normalized spacial score (nSPS) is 10.3. The molecule has 0 spiro atoms. The first kappa shape index (κ1) is 49.8. The standard InChI is InChI=1S/C8H5F3O3.C7H8O5S.C7H8O4S.4Na/c9-8(10,11)4-1-2-6(12)5(3-4)7(13)14;8-6-2-1-5(3-7(6)9)4-13(10,11)12;8-7-4-2-1-3-6(7)5-12(9,10)11;;;;/h1-3,12H,(H,13,14);1-3,8-9H,4H2,(H,10,11,12);1-4,8H,5H2,(H,9,10,11);;;;/q;;;4*+1/p-3. The summed E-state index contributed by atoms with van der Waals surface area (Å²) in [6.45, 7) is 0. The molecule has 0 aliphatic rings. The van der Waals surface area contributed by atoms with Crippen LogP contribution in [0.4, 0.5) is 13.2 Å². The van der Waals surface area contributed by atoms with E-state index in [9.17, 15) is 49.0 Å². The fraction of sp³-hybridized carbons (Fsp3) is 0.136. The topological polar surface area (TPSA) is 235 Å². The second-order valence-corrected chi connectivity index (χ2v) is 10.2. The van der Waals surface area contributed by atoms with E-state index in [1.165, 1.54) is 18.2 Å². The molecule has 0 aliphatic carbocycles. The van der Waals surface area contributed by atoms with Crippen molar-refractivity contribution in [3.05, 3.63) is 82.9 Å². The quantitative estimate of drug-likeness (QED) is 0.111. The van der Waals surface area contributed by atoms with Gasteiger partial charge in [-0.15, -0.1) is 0 Å². The molecule has 0 aliphatic heterocycles. The SMILES string of the molecule is O=C(O)c1cc(C(F)(F)F)ccc1[O-].O=S(=O)([O-])Cc1ccc(O)c(O)c1.O=S(=O)([O-])Cc1ccccc1O.[Na+].[Na+].[Na+].[Na+]. The van der Waals surface area contributed by atoms with Gasteiger partial charge < -0.3 is 34.6 Å². The number of phenols is 3. The number of carboxylic acid groups (broad SMARTS) is 1. The molecule has 0 saturated carbocycles. The molecule has 0 amide bonds. The van der Waals surface area contributed by atoms with Gasteiger partial charge in [-0.1, -0.05) is 42.1 Å². The van der Waals surface area contributed by atoms with E-state index >= 15 is 0 Å². The van der Waals surface area contributed by atoms with E-state index in [1.54, 1.807) is 12.1 Å². The predicted molar refractivity (Wildman–Crippen MR) is 123 cm³/mol. The molecule has 0 bridgehead atoms. The maximum absolute atomic E-state index is 12.1. The summed E-state index contributed by atoms with van der Waals surface area (Å²) in [6, 6.07) is 10.7. The molecule has 3 aromatic rings. The first-order chi connectivity index (χ1) is 17.7. The predicted octanol–water partition coefficient (Wildman–Crippen LogP) is -9.93. The molecule has 21 heteroatoms. The Morgan fingerprint density at radius 2 is 1.23 bits per heavy atom. The molecule has 0 atom stereocenters. The molecule has 214 valence electrons. The summed E-state index contributed by atoms with van der Waals surface area (Å²) in [5, 5.41) is 46.1. The van der Waals surface area contributed by atoms with E-state index in [-0.39, 0.29) is 141 Å². The minimum Gasteiger partial charge on any atom is -0.872 e. The Balaban J connectivity index is -0.000000254. The van der Waals surface area contributed by atoms with Gasteiger partial charge in [-0.25, -0.2) is 21.6 Å². The first-order valence-electron chi connectivity index (χ1n) is 9.96. The van der Waals surface area contributed by atoms with Gasteiger partial charge >= 0.3 is 130 Å². The molecule has 12 nitrogen and oxygen atoms in total. The molecule has 0 radical (unpaired) electrons. The zero-order valence-corrected chi connectivity index (χ0v) is 32.8. The molecular weight excluding hydrogens is 669 g/mol. The minimum absolute atomic E-state index is 0. The van der Waals surface area contributed by atoms with Crippen LogP contribution in [0.15, 0.2) is 60.7 Å². The number of hydrogen-bond acceptors (Lipinski definition) is 11. The van der Waals surface area contributed by atoms with Crippen molar-refractivity contribution >= 4 is 26.2 Å². The summed E-state index contributed by atoms with van der Waals surface area (Å²) in [7, 11) is -8.66. The van der Waals surface area contributed by atoms with Gasteiger partial charge in [-0.05, 0) is 29.8 Å². The second-order valence-electron chi connectivity index (χ2n) is 7.37. The molecule has 0 unspecified atom stereocenters. The van der Waals surface area contributed by atoms with Gasteiger partial charge in [0.25, 0.3) is 0 Å².